The zero-order valence-electron chi connectivity index (χ0n) is 17.2. The van der Waals surface area contributed by atoms with E-state index in [0.717, 1.165) is 29.5 Å². The Morgan fingerprint density at radius 3 is 2.26 bits per heavy atom. The van der Waals surface area contributed by atoms with Crippen LogP contribution in [0.3, 0.4) is 0 Å². The van der Waals surface area contributed by atoms with Crippen molar-refractivity contribution in [1.29, 1.82) is 0 Å². The zero-order valence-corrected chi connectivity index (χ0v) is 18.0. The summed E-state index contributed by atoms with van der Waals surface area (Å²) in [6.07, 6.45) is 1.53. The average Bonchev–Trinajstić information content (AvgIpc) is 3.61. The molecule has 0 radical (unpaired) electrons. The fourth-order valence-electron chi connectivity index (χ4n) is 3.69. The van der Waals surface area contributed by atoms with E-state index in [-0.39, 0.29) is 10.8 Å². The fourth-order valence-corrected chi connectivity index (χ4v) is 4.05. The number of rotatable bonds is 7. The van der Waals surface area contributed by atoms with E-state index in [2.05, 4.69) is 5.32 Å². The van der Waals surface area contributed by atoms with Crippen molar-refractivity contribution < 1.29 is 23.0 Å². The van der Waals surface area contributed by atoms with Crippen molar-refractivity contribution in [2.75, 3.05) is 19.5 Å². The molecule has 4 rings (SSSR count). The summed E-state index contributed by atoms with van der Waals surface area (Å²) >= 11 is -2.26. The molecule has 31 heavy (non-hydrogen) atoms. The van der Waals surface area contributed by atoms with Crippen LogP contribution in [0.2, 0.25) is 0 Å². The van der Waals surface area contributed by atoms with E-state index in [0.29, 0.717) is 17.2 Å². The van der Waals surface area contributed by atoms with Crippen LogP contribution in [-0.4, -0.2) is 28.9 Å². The van der Waals surface area contributed by atoms with Gasteiger partial charge in [0.05, 0.1) is 19.6 Å². The molecule has 1 saturated carbocycles. The highest BCUT2D eigenvalue weighted by Gasteiger charge is 2.51. The molecular weight excluding hydrogens is 414 g/mol. The van der Waals surface area contributed by atoms with E-state index in [1.807, 2.05) is 42.5 Å². The summed E-state index contributed by atoms with van der Waals surface area (Å²) in [6, 6.07) is 19.7. The maximum Gasteiger partial charge on any atom is 0.235 e. The molecule has 0 spiro atoms. The van der Waals surface area contributed by atoms with Gasteiger partial charge in [0.15, 0.2) is 11.5 Å². The van der Waals surface area contributed by atoms with Crippen molar-refractivity contribution in [3.63, 3.8) is 0 Å². The minimum absolute atomic E-state index is 0.0611. The first-order chi connectivity index (χ1) is 15.0. The van der Waals surface area contributed by atoms with Gasteiger partial charge in [-0.3, -0.25) is 9.00 Å². The minimum Gasteiger partial charge on any atom is -0.768 e. The molecule has 0 saturated heterocycles. The molecule has 7 heteroatoms. The summed E-state index contributed by atoms with van der Waals surface area (Å²) in [6.45, 7) is 0. The molecule has 3 aromatic carbocycles. The van der Waals surface area contributed by atoms with Gasteiger partial charge in [-0.15, -0.1) is 0 Å². The Kier molecular flexibility index (Phi) is 5.80. The predicted molar refractivity (Wildman–Crippen MR) is 118 cm³/mol. The van der Waals surface area contributed by atoms with E-state index in [4.69, 9.17) is 9.47 Å². The number of methoxy groups -OCH3 is 2. The molecule has 1 unspecified atom stereocenters. The van der Waals surface area contributed by atoms with Crippen molar-refractivity contribution in [2.45, 2.75) is 23.2 Å². The number of benzene rings is 3. The van der Waals surface area contributed by atoms with Crippen molar-refractivity contribution in [2.24, 2.45) is 0 Å². The van der Waals surface area contributed by atoms with E-state index in [9.17, 15) is 13.6 Å². The quantitative estimate of drug-likeness (QED) is 0.559. The number of nitrogens with one attached hydrogen (secondary N) is 1. The molecule has 0 aromatic heterocycles. The lowest BCUT2D eigenvalue weighted by Crippen LogP contribution is -2.27. The van der Waals surface area contributed by atoms with Crippen molar-refractivity contribution >= 4 is 22.7 Å². The molecule has 1 fully saturated rings. The van der Waals surface area contributed by atoms with Crippen LogP contribution >= 0.6 is 0 Å². The van der Waals surface area contributed by atoms with Crippen molar-refractivity contribution in [3.8, 4) is 22.6 Å². The lowest BCUT2D eigenvalue weighted by Gasteiger charge is -2.18. The highest BCUT2D eigenvalue weighted by molar-refractivity contribution is 7.79. The smallest absolute Gasteiger partial charge is 0.235 e. The maximum absolute atomic E-state index is 13.2. The van der Waals surface area contributed by atoms with Gasteiger partial charge in [0.2, 0.25) is 5.91 Å². The second kappa shape index (κ2) is 8.53. The SMILES string of the molecule is COc1ccc(C2(C(=O)Nc3cccc(-c4ccc(S(=O)[O-])cc4)c3)CC2)cc1OC. The van der Waals surface area contributed by atoms with E-state index in [1.165, 1.54) is 0 Å². The predicted octanol–water partition coefficient (Wildman–Crippen LogP) is 4.28. The van der Waals surface area contributed by atoms with Crippen LogP contribution in [0.1, 0.15) is 18.4 Å². The molecule has 6 nitrogen and oxygen atoms in total. The molecule has 1 atom stereocenters. The zero-order chi connectivity index (χ0) is 22.0. The Labute approximate surface area is 183 Å². The number of hydrogen-bond acceptors (Lipinski definition) is 5. The molecule has 1 aliphatic rings. The molecule has 3 aromatic rings. The second-order valence-corrected chi connectivity index (χ2v) is 8.39. The van der Waals surface area contributed by atoms with Crippen LogP contribution in [0.25, 0.3) is 11.1 Å². The highest BCUT2D eigenvalue weighted by atomic mass is 32.2. The maximum atomic E-state index is 13.2. The summed E-state index contributed by atoms with van der Waals surface area (Å²) in [4.78, 5) is 13.4. The second-order valence-electron chi connectivity index (χ2n) is 7.45. The van der Waals surface area contributed by atoms with E-state index in [1.54, 1.807) is 38.5 Å². The third kappa shape index (κ3) is 4.19. The topological polar surface area (TPSA) is 87.7 Å². The lowest BCUT2D eigenvalue weighted by molar-refractivity contribution is -0.118. The number of carbonyl (C=O) groups is 1. The van der Waals surface area contributed by atoms with Gasteiger partial charge >= 0.3 is 0 Å². The van der Waals surface area contributed by atoms with Gasteiger partial charge in [-0.05, 0) is 77.0 Å². The number of carbonyl (C=O) groups excluding carboxylic acids is 1. The first-order valence-electron chi connectivity index (χ1n) is 9.80. The van der Waals surface area contributed by atoms with Crippen LogP contribution in [0.4, 0.5) is 5.69 Å². The van der Waals surface area contributed by atoms with Gasteiger partial charge in [-0.25, -0.2) is 0 Å². The van der Waals surface area contributed by atoms with Crippen LogP contribution in [0, 0.1) is 0 Å². The summed E-state index contributed by atoms with van der Waals surface area (Å²) in [7, 11) is 3.16. The van der Waals surface area contributed by atoms with Gasteiger partial charge in [0, 0.05) is 10.6 Å². The molecule has 0 aliphatic heterocycles. The molecule has 1 N–H and O–H groups in total. The van der Waals surface area contributed by atoms with Crippen LogP contribution in [0.5, 0.6) is 11.5 Å². The van der Waals surface area contributed by atoms with Gasteiger partial charge in [-0.2, -0.15) is 0 Å². The largest absolute Gasteiger partial charge is 0.768 e. The first-order valence-corrected chi connectivity index (χ1v) is 10.9. The third-order valence-corrected chi connectivity index (χ3v) is 6.28. The minimum atomic E-state index is -2.26. The average molecular weight is 437 g/mol. The highest BCUT2D eigenvalue weighted by Crippen LogP contribution is 2.50. The van der Waals surface area contributed by atoms with Crippen LogP contribution in [0.15, 0.2) is 71.6 Å². The normalized spacial score (nSPS) is 15.1. The van der Waals surface area contributed by atoms with Crippen LogP contribution < -0.4 is 14.8 Å². The summed E-state index contributed by atoms with van der Waals surface area (Å²) in [5.74, 6) is 1.17. The molecule has 0 bridgehead atoms. The van der Waals surface area contributed by atoms with Crippen molar-refractivity contribution in [1.82, 2.24) is 0 Å². The fraction of sp³-hybridized carbons (Fsp3) is 0.208. The molecule has 0 heterocycles. The number of ether oxygens (including phenoxy) is 2. The standard InChI is InChI=1S/C24H23NO5S/c1-29-21-11-8-18(15-22(21)30-2)24(12-13-24)23(26)25-19-5-3-4-17(14-19)16-6-9-20(10-7-16)31(27)28/h3-11,14-15H,12-13H2,1-2H3,(H,25,26)(H,27,28)/p-1. The Bertz CT molecular complexity index is 1140. The summed E-state index contributed by atoms with van der Waals surface area (Å²) in [5.41, 5.74) is 2.77. The summed E-state index contributed by atoms with van der Waals surface area (Å²) < 4.78 is 32.8. The first kappa shape index (κ1) is 21.1. The Hall–Kier alpha value is -3.16. The van der Waals surface area contributed by atoms with Gasteiger partial charge in [-0.1, -0.05) is 30.3 Å². The molecule has 160 valence electrons. The molecule has 1 aliphatic carbocycles. The Morgan fingerprint density at radius 2 is 1.65 bits per heavy atom. The number of amides is 1. The van der Waals surface area contributed by atoms with E-state index >= 15 is 0 Å². The van der Waals surface area contributed by atoms with Crippen molar-refractivity contribution in [3.05, 3.63) is 72.3 Å². The van der Waals surface area contributed by atoms with E-state index < -0.39 is 16.5 Å². The third-order valence-electron chi connectivity index (χ3n) is 5.62. The Morgan fingerprint density at radius 1 is 0.935 bits per heavy atom. The molecule has 1 amide bonds. The number of anilines is 1. The van der Waals surface area contributed by atoms with Gasteiger partial charge in [0.1, 0.15) is 0 Å². The lowest BCUT2D eigenvalue weighted by atomic mass is 9.94. The molecular formula is C24H22NO5S-. The Balaban J connectivity index is 1.55. The van der Waals surface area contributed by atoms with Gasteiger partial charge in [0.25, 0.3) is 0 Å². The monoisotopic (exact) mass is 436 g/mol. The van der Waals surface area contributed by atoms with Crippen LogP contribution in [-0.2, 0) is 21.3 Å². The summed E-state index contributed by atoms with van der Waals surface area (Å²) in [5, 5.41) is 3.04. The van der Waals surface area contributed by atoms with Gasteiger partial charge < -0.3 is 19.3 Å². The number of hydrogen-bond donors (Lipinski definition) is 1.